The fourth-order valence-corrected chi connectivity index (χ4v) is 2.15. The summed E-state index contributed by atoms with van der Waals surface area (Å²) in [6.07, 6.45) is 4.19. The minimum absolute atomic E-state index is 0.553. The van der Waals surface area contributed by atoms with Gasteiger partial charge in [0.2, 0.25) is 0 Å². The van der Waals surface area contributed by atoms with Crippen LogP contribution in [0.5, 0.6) is 0 Å². The number of nitrogens with one attached hydrogen (secondary N) is 2. The molecule has 0 radical (unpaired) electrons. The van der Waals surface area contributed by atoms with E-state index in [0.29, 0.717) is 6.04 Å². The molecule has 0 bridgehead atoms. The summed E-state index contributed by atoms with van der Waals surface area (Å²) in [5, 5.41) is 6.85. The Morgan fingerprint density at radius 1 is 1.47 bits per heavy atom. The van der Waals surface area contributed by atoms with Crippen molar-refractivity contribution in [2.45, 2.75) is 25.8 Å². The summed E-state index contributed by atoms with van der Waals surface area (Å²) in [6, 6.07) is 2.56. The molecule has 0 spiro atoms. The molecule has 2 rings (SSSR count). The minimum atomic E-state index is 0.553. The molecule has 1 aromatic rings. The monoisotopic (exact) mass is 269 g/mol. The Labute approximate surface area is 98.8 Å². The molecular weight excluding hydrogens is 254 g/mol. The highest BCUT2D eigenvalue weighted by molar-refractivity contribution is 9.10. The third-order valence-electron chi connectivity index (χ3n) is 2.76. The third kappa shape index (κ3) is 2.69. The zero-order valence-electron chi connectivity index (χ0n) is 8.89. The summed E-state index contributed by atoms with van der Waals surface area (Å²) >= 11 is 3.57. The van der Waals surface area contributed by atoms with Crippen LogP contribution in [0.15, 0.2) is 16.7 Å². The first kappa shape index (κ1) is 10.9. The fraction of sp³-hybridized carbons (Fsp3) is 0.545. The van der Waals surface area contributed by atoms with E-state index >= 15 is 0 Å². The van der Waals surface area contributed by atoms with E-state index in [1.807, 2.05) is 12.3 Å². The lowest BCUT2D eigenvalue weighted by Crippen LogP contribution is -2.35. The molecule has 82 valence electrons. The van der Waals surface area contributed by atoms with Crippen LogP contribution in [0.3, 0.4) is 0 Å². The lowest BCUT2D eigenvalue weighted by atomic mass is 10.1. The molecule has 0 saturated carbocycles. The second-order valence-corrected chi connectivity index (χ2v) is 4.75. The highest BCUT2D eigenvalue weighted by Gasteiger charge is 2.14. The largest absolute Gasteiger partial charge is 0.366 e. The van der Waals surface area contributed by atoms with Gasteiger partial charge in [-0.15, -0.1) is 0 Å². The number of aromatic nitrogens is 1. The molecule has 1 aliphatic rings. The summed E-state index contributed by atoms with van der Waals surface area (Å²) < 4.78 is 1.09. The Morgan fingerprint density at radius 3 is 2.93 bits per heavy atom. The number of nitrogens with zero attached hydrogens (tertiary/aromatic N) is 1. The average molecular weight is 270 g/mol. The van der Waals surface area contributed by atoms with E-state index in [0.717, 1.165) is 23.4 Å². The van der Waals surface area contributed by atoms with Crippen molar-refractivity contribution in [1.29, 1.82) is 0 Å². The highest BCUT2D eigenvalue weighted by atomic mass is 79.9. The highest BCUT2D eigenvalue weighted by Crippen LogP contribution is 2.24. The number of rotatable bonds is 2. The first-order valence-corrected chi connectivity index (χ1v) is 6.15. The van der Waals surface area contributed by atoms with Gasteiger partial charge < -0.3 is 10.6 Å². The average Bonchev–Trinajstić information content (AvgIpc) is 2.26. The molecule has 1 fully saturated rings. The zero-order valence-corrected chi connectivity index (χ0v) is 10.5. The van der Waals surface area contributed by atoms with Gasteiger partial charge in [0.25, 0.3) is 0 Å². The predicted molar refractivity (Wildman–Crippen MR) is 66.2 cm³/mol. The maximum absolute atomic E-state index is 4.35. The molecule has 4 heteroatoms. The molecule has 1 saturated heterocycles. The molecule has 3 nitrogen and oxygen atoms in total. The van der Waals surface area contributed by atoms with Crippen LogP contribution in [0, 0.1) is 6.92 Å². The quantitative estimate of drug-likeness (QED) is 0.866. The van der Waals surface area contributed by atoms with Crippen molar-refractivity contribution >= 4 is 21.7 Å². The first-order chi connectivity index (χ1) is 7.27. The summed E-state index contributed by atoms with van der Waals surface area (Å²) in [5.74, 6) is 0.974. The summed E-state index contributed by atoms with van der Waals surface area (Å²) in [7, 11) is 0. The van der Waals surface area contributed by atoms with E-state index in [1.165, 1.54) is 18.4 Å². The number of hydrogen-bond donors (Lipinski definition) is 2. The van der Waals surface area contributed by atoms with E-state index in [9.17, 15) is 0 Å². The maximum atomic E-state index is 4.35. The van der Waals surface area contributed by atoms with Crippen LogP contribution in [-0.4, -0.2) is 24.1 Å². The molecular formula is C11H16BrN3. The fourth-order valence-electron chi connectivity index (χ4n) is 1.80. The van der Waals surface area contributed by atoms with E-state index in [-0.39, 0.29) is 0 Å². The van der Waals surface area contributed by atoms with Crippen LogP contribution in [0.1, 0.15) is 18.4 Å². The lowest BCUT2D eigenvalue weighted by Gasteiger charge is -2.24. The zero-order chi connectivity index (χ0) is 10.7. The van der Waals surface area contributed by atoms with E-state index in [4.69, 9.17) is 0 Å². The van der Waals surface area contributed by atoms with Gasteiger partial charge in [-0.05, 0) is 60.4 Å². The summed E-state index contributed by atoms with van der Waals surface area (Å²) in [6.45, 7) is 4.28. The number of anilines is 1. The number of pyridine rings is 1. The van der Waals surface area contributed by atoms with Crippen molar-refractivity contribution in [1.82, 2.24) is 10.3 Å². The van der Waals surface area contributed by atoms with Crippen LogP contribution in [0.2, 0.25) is 0 Å². The first-order valence-electron chi connectivity index (χ1n) is 5.36. The van der Waals surface area contributed by atoms with Gasteiger partial charge in [-0.3, -0.25) is 0 Å². The van der Waals surface area contributed by atoms with Gasteiger partial charge in [-0.1, -0.05) is 0 Å². The van der Waals surface area contributed by atoms with Crippen LogP contribution in [-0.2, 0) is 0 Å². The second-order valence-electron chi connectivity index (χ2n) is 3.96. The Balaban J connectivity index is 2.06. The molecule has 0 aromatic carbocycles. The molecule has 2 N–H and O–H groups in total. The molecule has 0 aliphatic carbocycles. The third-order valence-corrected chi connectivity index (χ3v) is 3.76. The molecule has 1 aromatic heterocycles. The van der Waals surface area contributed by atoms with E-state index < -0.39 is 0 Å². The van der Waals surface area contributed by atoms with Crippen molar-refractivity contribution in [2.24, 2.45) is 0 Å². The van der Waals surface area contributed by atoms with Gasteiger partial charge in [-0.25, -0.2) is 4.98 Å². The molecule has 0 atom stereocenters. The van der Waals surface area contributed by atoms with Crippen LogP contribution >= 0.6 is 15.9 Å². The Morgan fingerprint density at radius 2 is 2.20 bits per heavy atom. The molecule has 0 unspecified atom stereocenters. The number of halogens is 1. The molecule has 2 heterocycles. The van der Waals surface area contributed by atoms with Crippen molar-refractivity contribution in [3.8, 4) is 0 Å². The molecule has 0 amide bonds. The smallest absolute Gasteiger partial charge is 0.140 e. The van der Waals surface area contributed by atoms with Crippen LogP contribution < -0.4 is 10.6 Å². The van der Waals surface area contributed by atoms with Gasteiger partial charge in [0.15, 0.2) is 0 Å². The normalized spacial score (nSPS) is 17.7. The Bertz CT molecular complexity index is 335. The molecule has 1 aliphatic heterocycles. The van der Waals surface area contributed by atoms with Crippen LogP contribution in [0.25, 0.3) is 0 Å². The second kappa shape index (κ2) is 4.94. The summed E-state index contributed by atoms with van der Waals surface area (Å²) in [4.78, 5) is 4.35. The van der Waals surface area contributed by atoms with Crippen LogP contribution in [0.4, 0.5) is 5.82 Å². The number of aryl methyl sites for hydroxylation is 1. The Kier molecular flexibility index (Phi) is 3.59. The number of piperidine rings is 1. The summed E-state index contributed by atoms with van der Waals surface area (Å²) in [5.41, 5.74) is 1.22. The SMILES string of the molecule is Cc1ccnc(NC2CCNCC2)c1Br. The van der Waals surface area contributed by atoms with Gasteiger partial charge in [0, 0.05) is 12.2 Å². The van der Waals surface area contributed by atoms with E-state index in [1.54, 1.807) is 0 Å². The lowest BCUT2D eigenvalue weighted by molar-refractivity contribution is 0.478. The standard InChI is InChI=1S/C11H16BrN3/c1-8-2-7-14-11(10(8)12)15-9-3-5-13-6-4-9/h2,7,9,13H,3-6H2,1H3,(H,14,15). The maximum Gasteiger partial charge on any atom is 0.140 e. The van der Waals surface area contributed by atoms with Crippen molar-refractivity contribution in [3.05, 3.63) is 22.3 Å². The Hall–Kier alpha value is -0.610. The topological polar surface area (TPSA) is 37.0 Å². The van der Waals surface area contributed by atoms with Gasteiger partial charge in [-0.2, -0.15) is 0 Å². The van der Waals surface area contributed by atoms with Gasteiger partial charge >= 0.3 is 0 Å². The van der Waals surface area contributed by atoms with Gasteiger partial charge in [0.1, 0.15) is 5.82 Å². The van der Waals surface area contributed by atoms with Gasteiger partial charge in [0.05, 0.1) is 4.47 Å². The van der Waals surface area contributed by atoms with E-state index in [2.05, 4.69) is 38.5 Å². The van der Waals surface area contributed by atoms with Crippen molar-refractivity contribution < 1.29 is 0 Å². The van der Waals surface area contributed by atoms with Crippen molar-refractivity contribution in [2.75, 3.05) is 18.4 Å². The minimum Gasteiger partial charge on any atom is -0.366 e. The van der Waals surface area contributed by atoms with Crippen molar-refractivity contribution in [3.63, 3.8) is 0 Å². The predicted octanol–water partition coefficient (Wildman–Crippen LogP) is 2.32. The molecule has 15 heavy (non-hydrogen) atoms. The number of hydrogen-bond acceptors (Lipinski definition) is 3.